The lowest BCUT2D eigenvalue weighted by atomic mass is 10.1. The zero-order valence-electron chi connectivity index (χ0n) is 12.7. The topological polar surface area (TPSA) is 76.7 Å². The van der Waals surface area contributed by atoms with E-state index in [2.05, 4.69) is 10.6 Å². The molecule has 0 aliphatic rings. The van der Waals surface area contributed by atoms with Crippen LogP contribution in [-0.4, -0.2) is 45.3 Å². The van der Waals surface area contributed by atoms with Gasteiger partial charge in [-0.1, -0.05) is 18.2 Å². The van der Waals surface area contributed by atoms with Gasteiger partial charge in [-0.2, -0.15) is 0 Å². The summed E-state index contributed by atoms with van der Waals surface area (Å²) in [5.74, 6) is -0.597. The third kappa shape index (κ3) is 6.37. The number of anilines is 1. The van der Waals surface area contributed by atoms with Crippen LogP contribution in [0.1, 0.15) is 11.1 Å². The van der Waals surface area contributed by atoms with E-state index >= 15 is 0 Å². The van der Waals surface area contributed by atoms with Crippen molar-refractivity contribution in [2.24, 2.45) is 0 Å². The molecule has 0 saturated carbocycles. The number of benzene rings is 1. The number of para-hydroxylation sites is 1. The van der Waals surface area contributed by atoms with E-state index in [-0.39, 0.29) is 25.0 Å². The van der Waals surface area contributed by atoms with Crippen molar-refractivity contribution in [1.29, 1.82) is 0 Å². The van der Waals surface area contributed by atoms with E-state index in [1.54, 1.807) is 7.11 Å². The fraction of sp³-hybridized carbons (Fsp3) is 0.467. The van der Waals surface area contributed by atoms with Crippen molar-refractivity contribution in [3.05, 3.63) is 29.3 Å². The Hall–Kier alpha value is -1.92. The van der Waals surface area contributed by atoms with Gasteiger partial charge in [-0.15, -0.1) is 0 Å². The summed E-state index contributed by atoms with van der Waals surface area (Å²) in [6, 6.07) is 5.77. The minimum absolute atomic E-state index is 0.0831. The first kappa shape index (κ1) is 17.1. The molecule has 6 nitrogen and oxygen atoms in total. The average Bonchev–Trinajstić information content (AvgIpc) is 2.45. The first-order valence-electron chi connectivity index (χ1n) is 6.74. The number of ether oxygens (including phenoxy) is 2. The number of amides is 2. The Labute approximate surface area is 124 Å². The molecule has 21 heavy (non-hydrogen) atoms. The number of hydrogen-bond donors (Lipinski definition) is 2. The quantitative estimate of drug-likeness (QED) is 0.702. The molecule has 1 aromatic carbocycles. The molecular formula is C15H22N2O4. The molecule has 0 fully saturated rings. The Morgan fingerprint density at radius 2 is 1.76 bits per heavy atom. The van der Waals surface area contributed by atoms with Crippen molar-refractivity contribution in [3.8, 4) is 0 Å². The molecule has 0 aliphatic carbocycles. The highest BCUT2D eigenvalue weighted by atomic mass is 16.5. The van der Waals surface area contributed by atoms with Gasteiger partial charge in [-0.25, -0.2) is 0 Å². The number of methoxy groups -OCH3 is 1. The minimum Gasteiger partial charge on any atom is -0.382 e. The lowest BCUT2D eigenvalue weighted by Crippen LogP contribution is -2.35. The summed E-state index contributed by atoms with van der Waals surface area (Å²) >= 11 is 0. The molecule has 6 heteroatoms. The van der Waals surface area contributed by atoms with Crippen LogP contribution in [0.15, 0.2) is 18.2 Å². The highest BCUT2D eigenvalue weighted by Crippen LogP contribution is 2.18. The fourth-order valence-electron chi connectivity index (χ4n) is 1.73. The first-order chi connectivity index (χ1) is 10.0. The van der Waals surface area contributed by atoms with E-state index in [4.69, 9.17) is 9.47 Å². The summed E-state index contributed by atoms with van der Waals surface area (Å²) in [6.07, 6.45) is 0. The van der Waals surface area contributed by atoms with Gasteiger partial charge in [0.15, 0.2) is 0 Å². The van der Waals surface area contributed by atoms with Gasteiger partial charge in [-0.3, -0.25) is 9.59 Å². The molecule has 2 N–H and O–H groups in total. The van der Waals surface area contributed by atoms with Gasteiger partial charge in [0.1, 0.15) is 6.61 Å². The van der Waals surface area contributed by atoms with Crippen LogP contribution >= 0.6 is 0 Å². The van der Waals surface area contributed by atoms with Crippen LogP contribution in [0.2, 0.25) is 0 Å². The van der Waals surface area contributed by atoms with E-state index in [1.165, 1.54) is 0 Å². The largest absolute Gasteiger partial charge is 0.382 e. The number of hydrogen-bond acceptors (Lipinski definition) is 4. The normalized spacial score (nSPS) is 10.2. The van der Waals surface area contributed by atoms with Crippen LogP contribution in [0.4, 0.5) is 5.69 Å². The zero-order chi connectivity index (χ0) is 15.7. The van der Waals surface area contributed by atoms with Crippen molar-refractivity contribution in [1.82, 2.24) is 5.32 Å². The van der Waals surface area contributed by atoms with Crippen molar-refractivity contribution >= 4 is 17.5 Å². The van der Waals surface area contributed by atoms with Gasteiger partial charge in [0, 0.05) is 12.8 Å². The summed E-state index contributed by atoms with van der Waals surface area (Å²) in [6.45, 7) is 4.45. The molecule has 0 atom stereocenters. The maximum atomic E-state index is 11.8. The Kier molecular flexibility index (Phi) is 7.42. The van der Waals surface area contributed by atoms with Crippen LogP contribution in [0.5, 0.6) is 0 Å². The summed E-state index contributed by atoms with van der Waals surface area (Å²) in [4.78, 5) is 23.3. The summed E-state index contributed by atoms with van der Waals surface area (Å²) in [7, 11) is 1.56. The summed E-state index contributed by atoms with van der Waals surface area (Å²) in [5, 5.41) is 5.30. The molecule has 0 spiro atoms. The lowest BCUT2D eigenvalue weighted by molar-refractivity contribution is -0.128. The second kappa shape index (κ2) is 9.10. The molecule has 1 aromatic rings. The second-order valence-corrected chi connectivity index (χ2v) is 4.64. The molecule has 0 heterocycles. The number of carbonyl (C=O) groups excluding carboxylic acids is 2. The van der Waals surface area contributed by atoms with Gasteiger partial charge in [-0.05, 0) is 25.0 Å². The summed E-state index contributed by atoms with van der Waals surface area (Å²) in [5.41, 5.74) is 2.75. The molecule has 116 valence electrons. The average molecular weight is 294 g/mol. The highest BCUT2D eigenvalue weighted by Gasteiger charge is 2.09. The third-order valence-electron chi connectivity index (χ3n) is 2.86. The molecule has 0 aromatic heterocycles. The lowest BCUT2D eigenvalue weighted by Gasteiger charge is -2.12. The van der Waals surface area contributed by atoms with Crippen molar-refractivity contribution in [2.45, 2.75) is 13.8 Å². The Morgan fingerprint density at radius 3 is 2.38 bits per heavy atom. The highest BCUT2D eigenvalue weighted by molar-refractivity contribution is 5.95. The van der Waals surface area contributed by atoms with Gasteiger partial charge in [0.05, 0.1) is 19.8 Å². The smallest absolute Gasteiger partial charge is 0.246 e. The Bertz CT molecular complexity index is 468. The predicted molar refractivity (Wildman–Crippen MR) is 80.3 cm³/mol. The molecule has 0 aliphatic heterocycles. The molecule has 1 rings (SSSR count). The number of carbonyl (C=O) groups is 2. The molecule has 2 amide bonds. The maximum absolute atomic E-state index is 11.8. The Morgan fingerprint density at radius 1 is 1.10 bits per heavy atom. The third-order valence-corrected chi connectivity index (χ3v) is 2.86. The minimum atomic E-state index is -0.331. The first-order valence-corrected chi connectivity index (χ1v) is 6.74. The van der Waals surface area contributed by atoms with Gasteiger partial charge in [0.2, 0.25) is 11.8 Å². The zero-order valence-corrected chi connectivity index (χ0v) is 12.7. The predicted octanol–water partition coefficient (Wildman–Crippen LogP) is 1.02. The monoisotopic (exact) mass is 294 g/mol. The van der Waals surface area contributed by atoms with Crippen LogP contribution in [0, 0.1) is 13.8 Å². The van der Waals surface area contributed by atoms with Crippen molar-refractivity contribution in [3.63, 3.8) is 0 Å². The molecular weight excluding hydrogens is 272 g/mol. The molecule has 0 bridgehead atoms. The van der Waals surface area contributed by atoms with Crippen LogP contribution in [0.3, 0.4) is 0 Å². The van der Waals surface area contributed by atoms with Crippen molar-refractivity contribution in [2.75, 3.05) is 38.8 Å². The standard InChI is InChI=1S/C15H22N2O4/c1-11-5-4-6-12(2)15(11)17-13(18)9-16-14(19)10-21-8-7-20-3/h4-6H,7-10H2,1-3H3,(H,16,19)(H,17,18). The van der Waals surface area contributed by atoms with Gasteiger partial charge in [0.25, 0.3) is 0 Å². The van der Waals surface area contributed by atoms with Crippen LogP contribution < -0.4 is 10.6 Å². The number of aryl methyl sites for hydroxylation is 2. The fourth-order valence-corrected chi connectivity index (χ4v) is 1.73. The van der Waals surface area contributed by atoms with Crippen LogP contribution in [-0.2, 0) is 19.1 Å². The maximum Gasteiger partial charge on any atom is 0.246 e. The van der Waals surface area contributed by atoms with E-state index < -0.39 is 0 Å². The van der Waals surface area contributed by atoms with E-state index in [1.807, 2.05) is 32.0 Å². The number of nitrogens with one attached hydrogen (secondary N) is 2. The van der Waals surface area contributed by atoms with Crippen molar-refractivity contribution < 1.29 is 19.1 Å². The van der Waals surface area contributed by atoms with E-state index in [9.17, 15) is 9.59 Å². The Balaban J connectivity index is 2.32. The van der Waals surface area contributed by atoms with Crippen LogP contribution in [0.25, 0.3) is 0 Å². The van der Waals surface area contributed by atoms with Gasteiger partial charge >= 0.3 is 0 Å². The van der Waals surface area contributed by atoms with E-state index in [0.717, 1.165) is 16.8 Å². The SMILES string of the molecule is COCCOCC(=O)NCC(=O)Nc1c(C)cccc1C. The molecule has 0 unspecified atom stereocenters. The van der Waals surface area contributed by atoms with E-state index in [0.29, 0.717) is 13.2 Å². The van der Waals surface area contributed by atoms with Gasteiger partial charge < -0.3 is 20.1 Å². The molecule has 0 radical (unpaired) electrons. The second-order valence-electron chi connectivity index (χ2n) is 4.64. The number of rotatable bonds is 8. The molecule has 0 saturated heterocycles. The summed E-state index contributed by atoms with van der Waals surface area (Å²) < 4.78 is 9.85.